The van der Waals surface area contributed by atoms with E-state index in [0.29, 0.717) is 23.8 Å². The Morgan fingerprint density at radius 3 is 2.20 bits per heavy atom. The van der Waals surface area contributed by atoms with Gasteiger partial charge in [-0.15, -0.1) is 0 Å². The van der Waals surface area contributed by atoms with Crippen molar-refractivity contribution in [1.29, 1.82) is 0 Å². The Balaban J connectivity index is 1.60. The molecule has 0 atom stereocenters. The van der Waals surface area contributed by atoms with Gasteiger partial charge in [-0.2, -0.15) is 4.31 Å². The highest BCUT2D eigenvalue weighted by Gasteiger charge is 2.39. The van der Waals surface area contributed by atoms with E-state index in [1.165, 1.54) is 34.6 Å². The number of nitrogens with zero attached hydrogens (tertiary/aromatic N) is 2. The molecule has 156 valence electrons. The number of hydrogen-bond donors (Lipinski definition) is 0. The van der Waals surface area contributed by atoms with E-state index in [1.54, 1.807) is 19.1 Å². The van der Waals surface area contributed by atoms with Gasteiger partial charge in [-0.05, 0) is 36.8 Å². The minimum atomic E-state index is -3.84. The summed E-state index contributed by atoms with van der Waals surface area (Å²) in [5.74, 6) is -2.52. The van der Waals surface area contributed by atoms with E-state index in [0.717, 1.165) is 0 Å². The van der Waals surface area contributed by atoms with Crippen LogP contribution in [0.15, 0.2) is 47.4 Å². The third-order valence-corrected chi connectivity index (χ3v) is 6.98. The number of aryl methyl sites for hydroxylation is 1. The summed E-state index contributed by atoms with van der Waals surface area (Å²) in [4.78, 5) is 42.3. The number of rotatable bonds is 4. The molecule has 1 fully saturated rings. The summed E-state index contributed by atoms with van der Waals surface area (Å²) in [6.07, 6.45) is 0. The third-order valence-electron chi connectivity index (χ3n) is 4.94. The number of fused-ring (bicyclic) bond motifs is 1. The van der Waals surface area contributed by atoms with Crippen molar-refractivity contribution in [3.63, 3.8) is 0 Å². The van der Waals surface area contributed by atoms with E-state index in [-0.39, 0.29) is 34.7 Å². The van der Waals surface area contributed by atoms with Gasteiger partial charge in [0.2, 0.25) is 10.0 Å². The molecule has 2 aliphatic rings. The molecular weight excluding hydrogens is 412 g/mol. The summed E-state index contributed by atoms with van der Waals surface area (Å²) < 4.78 is 32.4. The van der Waals surface area contributed by atoms with Crippen molar-refractivity contribution < 1.29 is 32.4 Å². The van der Waals surface area contributed by atoms with Crippen LogP contribution < -0.4 is 0 Å². The Hall–Kier alpha value is -3.08. The molecule has 10 heteroatoms. The normalized spacial score (nSPS) is 17.2. The number of ether oxygens (including phenoxy) is 1. The number of hydrogen-bond acceptors (Lipinski definition) is 7. The predicted molar refractivity (Wildman–Crippen MR) is 103 cm³/mol. The largest absolute Gasteiger partial charge is 0.379 e. The average molecular weight is 430 g/mol. The van der Waals surface area contributed by atoms with Crippen molar-refractivity contribution in [2.45, 2.75) is 11.8 Å². The number of benzene rings is 2. The molecule has 2 aromatic rings. The molecule has 0 spiro atoms. The van der Waals surface area contributed by atoms with Crippen LogP contribution in [0, 0.1) is 6.92 Å². The zero-order valence-electron chi connectivity index (χ0n) is 16.0. The van der Waals surface area contributed by atoms with Crippen LogP contribution in [0.1, 0.15) is 36.6 Å². The van der Waals surface area contributed by atoms with Crippen LogP contribution in [0.2, 0.25) is 0 Å². The zero-order valence-corrected chi connectivity index (χ0v) is 16.8. The quantitative estimate of drug-likeness (QED) is 0.674. The van der Waals surface area contributed by atoms with Crippen LogP contribution in [-0.2, 0) is 19.6 Å². The van der Waals surface area contributed by atoms with Gasteiger partial charge < -0.3 is 9.57 Å². The van der Waals surface area contributed by atoms with Crippen molar-refractivity contribution in [2.24, 2.45) is 0 Å². The van der Waals surface area contributed by atoms with Crippen LogP contribution in [0.5, 0.6) is 0 Å². The van der Waals surface area contributed by atoms with Gasteiger partial charge >= 0.3 is 5.97 Å². The highest BCUT2D eigenvalue weighted by Crippen LogP contribution is 2.25. The fourth-order valence-electron chi connectivity index (χ4n) is 3.32. The van der Waals surface area contributed by atoms with Crippen LogP contribution in [0.25, 0.3) is 0 Å². The summed E-state index contributed by atoms with van der Waals surface area (Å²) in [5.41, 5.74) is 0.632. The van der Waals surface area contributed by atoms with Crippen molar-refractivity contribution in [1.82, 2.24) is 9.37 Å². The van der Waals surface area contributed by atoms with Gasteiger partial charge in [0.1, 0.15) is 0 Å². The molecule has 0 aromatic heterocycles. The number of amides is 2. The second-order valence-electron chi connectivity index (χ2n) is 6.83. The van der Waals surface area contributed by atoms with Crippen molar-refractivity contribution in [3.05, 3.63) is 64.7 Å². The summed E-state index contributed by atoms with van der Waals surface area (Å²) in [7, 11) is -3.84. The fourth-order valence-corrected chi connectivity index (χ4v) is 4.98. The Morgan fingerprint density at radius 2 is 1.60 bits per heavy atom. The molecule has 0 saturated carbocycles. The number of hydroxylamine groups is 2. The van der Waals surface area contributed by atoms with Gasteiger partial charge in [-0.25, -0.2) is 13.2 Å². The van der Waals surface area contributed by atoms with Crippen LogP contribution in [0.4, 0.5) is 0 Å². The molecule has 2 amide bonds. The number of carbonyl (C=O) groups excluding carboxylic acids is 3. The molecule has 0 N–H and O–H groups in total. The van der Waals surface area contributed by atoms with Crippen molar-refractivity contribution in [3.8, 4) is 0 Å². The van der Waals surface area contributed by atoms with Gasteiger partial charge in [0.15, 0.2) is 0 Å². The molecule has 0 bridgehead atoms. The average Bonchev–Trinajstić information content (AvgIpc) is 2.99. The zero-order chi connectivity index (χ0) is 21.5. The van der Waals surface area contributed by atoms with Crippen LogP contribution in [0.3, 0.4) is 0 Å². The van der Waals surface area contributed by atoms with Gasteiger partial charge in [-0.3, -0.25) is 9.59 Å². The van der Waals surface area contributed by atoms with Gasteiger partial charge in [0.05, 0.1) is 34.8 Å². The maximum Gasteiger partial charge on any atom is 0.363 e. The van der Waals surface area contributed by atoms with Gasteiger partial charge in [-0.1, -0.05) is 23.3 Å². The fraction of sp³-hybridized carbons (Fsp3) is 0.250. The Kier molecular flexibility index (Phi) is 5.14. The van der Waals surface area contributed by atoms with Crippen LogP contribution >= 0.6 is 0 Å². The van der Waals surface area contributed by atoms with E-state index < -0.39 is 27.8 Å². The molecule has 9 nitrogen and oxygen atoms in total. The third kappa shape index (κ3) is 3.38. The van der Waals surface area contributed by atoms with E-state index >= 15 is 0 Å². The first-order valence-electron chi connectivity index (χ1n) is 9.19. The molecule has 4 rings (SSSR count). The van der Waals surface area contributed by atoms with E-state index in [1.807, 2.05) is 0 Å². The maximum absolute atomic E-state index is 13.0. The van der Waals surface area contributed by atoms with Gasteiger partial charge in [0, 0.05) is 13.1 Å². The van der Waals surface area contributed by atoms with E-state index in [4.69, 9.17) is 9.57 Å². The topological polar surface area (TPSA) is 110 Å². The lowest BCUT2D eigenvalue weighted by Gasteiger charge is -2.26. The number of imide groups is 1. The lowest BCUT2D eigenvalue weighted by Crippen LogP contribution is -2.41. The Morgan fingerprint density at radius 1 is 1.00 bits per heavy atom. The molecule has 2 aliphatic heterocycles. The van der Waals surface area contributed by atoms with Crippen molar-refractivity contribution >= 4 is 27.8 Å². The summed E-state index contributed by atoms with van der Waals surface area (Å²) in [5, 5.41) is 0.392. The number of sulfonamides is 1. The molecule has 0 radical (unpaired) electrons. The standard InChI is InChI=1S/C20H18N2O7S/c1-13-6-7-14(12-17(13)30(26,27)21-8-10-28-11-9-21)20(25)29-22-18(23)15-4-2-3-5-16(15)19(22)24/h2-7,12H,8-11H2,1H3. The first-order valence-corrected chi connectivity index (χ1v) is 10.6. The molecule has 2 heterocycles. The number of morpholine rings is 1. The second kappa shape index (κ2) is 7.63. The SMILES string of the molecule is Cc1ccc(C(=O)ON2C(=O)c3ccccc3C2=O)cc1S(=O)(=O)N1CCOCC1. The first kappa shape index (κ1) is 20.2. The summed E-state index contributed by atoms with van der Waals surface area (Å²) >= 11 is 0. The Labute approximate surface area is 172 Å². The Bertz CT molecular complexity index is 1120. The lowest BCUT2D eigenvalue weighted by molar-refractivity contribution is -0.0584. The molecule has 0 unspecified atom stereocenters. The summed E-state index contributed by atoms with van der Waals surface area (Å²) in [6.45, 7) is 2.63. The number of carbonyl (C=O) groups is 3. The van der Waals surface area contributed by atoms with Crippen molar-refractivity contribution in [2.75, 3.05) is 26.3 Å². The summed E-state index contributed by atoms with van der Waals surface area (Å²) in [6, 6.07) is 10.2. The highest BCUT2D eigenvalue weighted by molar-refractivity contribution is 7.89. The maximum atomic E-state index is 13.0. The second-order valence-corrected chi connectivity index (χ2v) is 8.73. The monoisotopic (exact) mass is 430 g/mol. The predicted octanol–water partition coefficient (Wildman–Crippen LogP) is 1.38. The minimum absolute atomic E-state index is 0.0405. The highest BCUT2D eigenvalue weighted by atomic mass is 32.2. The molecule has 30 heavy (non-hydrogen) atoms. The molecule has 1 saturated heterocycles. The van der Waals surface area contributed by atoms with E-state index in [9.17, 15) is 22.8 Å². The minimum Gasteiger partial charge on any atom is -0.379 e. The van der Waals surface area contributed by atoms with E-state index in [2.05, 4.69) is 0 Å². The lowest BCUT2D eigenvalue weighted by atomic mass is 10.1. The first-order chi connectivity index (χ1) is 14.3. The van der Waals surface area contributed by atoms with Gasteiger partial charge in [0.25, 0.3) is 11.8 Å². The molecular formula is C20H18N2O7S. The smallest absolute Gasteiger partial charge is 0.363 e. The molecule has 0 aliphatic carbocycles. The molecule has 2 aromatic carbocycles. The van der Waals surface area contributed by atoms with Crippen LogP contribution in [-0.4, -0.2) is 61.9 Å².